The predicted octanol–water partition coefficient (Wildman–Crippen LogP) is 1.21. The number of carbonyl (C=O) groups excluding carboxylic acids is 1. The molecule has 1 unspecified atom stereocenters. The molecule has 1 aliphatic heterocycles. The Morgan fingerprint density at radius 3 is 2.72 bits per heavy atom. The average molecular weight is 289 g/mol. The molecule has 1 N–H and O–H groups in total. The van der Waals surface area contributed by atoms with E-state index >= 15 is 0 Å². The van der Waals surface area contributed by atoms with Crippen molar-refractivity contribution in [2.24, 2.45) is 0 Å². The highest BCUT2D eigenvalue weighted by molar-refractivity contribution is 7.90. The summed E-state index contributed by atoms with van der Waals surface area (Å²) in [7, 11) is -3.63. The van der Waals surface area contributed by atoms with Gasteiger partial charge in [-0.05, 0) is 25.8 Å². The van der Waals surface area contributed by atoms with E-state index in [9.17, 15) is 13.2 Å². The fraction of sp³-hybridized carbons (Fsp3) is 0.545. The number of carbonyl (C=O) groups is 1. The molecular weight excluding hydrogens is 274 g/mol. The van der Waals surface area contributed by atoms with Crippen molar-refractivity contribution >= 4 is 27.3 Å². The van der Waals surface area contributed by atoms with Gasteiger partial charge in [0, 0.05) is 16.9 Å². The van der Waals surface area contributed by atoms with Crippen LogP contribution in [0.25, 0.3) is 0 Å². The maximum atomic E-state index is 11.9. The van der Waals surface area contributed by atoms with E-state index in [4.69, 9.17) is 4.74 Å². The zero-order chi connectivity index (χ0) is 13.3. The van der Waals surface area contributed by atoms with Gasteiger partial charge in [-0.25, -0.2) is 13.1 Å². The number of sulfonamides is 1. The van der Waals surface area contributed by atoms with Gasteiger partial charge in [0.2, 0.25) is 10.0 Å². The van der Waals surface area contributed by atoms with Crippen LogP contribution in [0.3, 0.4) is 0 Å². The van der Waals surface area contributed by atoms with Crippen LogP contribution in [-0.4, -0.2) is 32.8 Å². The molecule has 18 heavy (non-hydrogen) atoms. The molecule has 2 heterocycles. The lowest BCUT2D eigenvalue weighted by molar-refractivity contribution is 0.0981. The molecule has 5 nitrogen and oxygen atoms in total. The molecule has 1 fully saturated rings. The third-order valence-corrected chi connectivity index (χ3v) is 5.82. The monoisotopic (exact) mass is 289 g/mol. The van der Waals surface area contributed by atoms with E-state index in [1.807, 2.05) is 13.8 Å². The first-order valence-electron chi connectivity index (χ1n) is 5.60. The standard InChI is InChI=1S/C11H15NO4S2/c1-7-8(2)17-6-10(7)11(13)12-18(14,15)9-3-4-16-5-9/h6,9H,3-5H2,1-2H3,(H,12,13). The minimum Gasteiger partial charge on any atom is -0.380 e. The second kappa shape index (κ2) is 4.99. The summed E-state index contributed by atoms with van der Waals surface area (Å²) in [5.74, 6) is -0.552. The fourth-order valence-corrected chi connectivity index (χ4v) is 3.84. The SMILES string of the molecule is Cc1scc(C(=O)NS(=O)(=O)C2CCOC2)c1C. The molecular formula is C11H15NO4S2. The average Bonchev–Trinajstić information content (AvgIpc) is 2.90. The Morgan fingerprint density at radius 1 is 1.50 bits per heavy atom. The fourth-order valence-electron chi connectivity index (χ4n) is 1.76. The van der Waals surface area contributed by atoms with Crippen LogP contribution in [0.1, 0.15) is 27.2 Å². The van der Waals surface area contributed by atoms with Gasteiger partial charge in [0.25, 0.3) is 5.91 Å². The summed E-state index contributed by atoms with van der Waals surface area (Å²) < 4.78 is 31.0. The highest BCUT2D eigenvalue weighted by Crippen LogP contribution is 2.21. The molecule has 0 aromatic carbocycles. The predicted molar refractivity (Wildman–Crippen MR) is 69.4 cm³/mol. The third kappa shape index (κ3) is 2.57. The minimum atomic E-state index is -3.63. The number of hydrogen-bond acceptors (Lipinski definition) is 5. The Balaban J connectivity index is 2.14. The highest BCUT2D eigenvalue weighted by Gasteiger charge is 2.31. The number of amides is 1. The topological polar surface area (TPSA) is 72.5 Å². The first kappa shape index (κ1) is 13.5. The van der Waals surface area contributed by atoms with E-state index in [0.29, 0.717) is 18.6 Å². The maximum absolute atomic E-state index is 11.9. The van der Waals surface area contributed by atoms with Crippen LogP contribution in [0.5, 0.6) is 0 Å². The lowest BCUT2D eigenvalue weighted by Crippen LogP contribution is -2.38. The van der Waals surface area contributed by atoms with E-state index in [-0.39, 0.29) is 6.61 Å². The Labute approximate surface area is 110 Å². The molecule has 0 bridgehead atoms. The molecule has 0 aliphatic carbocycles. The second-order valence-corrected chi connectivity index (χ2v) is 7.34. The summed E-state index contributed by atoms with van der Waals surface area (Å²) in [6.45, 7) is 4.29. The largest absolute Gasteiger partial charge is 0.380 e. The van der Waals surface area contributed by atoms with Crippen molar-refractivity contribution in [2.45, 2.75) is 25.5 Å². The third-order valence-electron chi connectivity index (χ3n) is 3.09. The lowest BCUT2D eigenvalue weighted by Gasteiger charge is -2.11. The molecule has 100 valence electrons. The van der Waals surface area contributed by atoms with Gasteiger partial charge in [-0.1, -0.05) is 0 Å². The van der Waals surface area contributed by atoms with Gasteiger partial charge < -0.3 is 4.74 Å². The first-order chi connectivity index (χ1) is 8.42. The van der Waals surface area contributed by atoms with Gasteiger partial charge in [0.15, 0.2) is 0 Å². The summed E-state index contributed by atoms with van der Waals surface area (Å²) in [4.78, 5) is 12.9. The van der Waals surface area contributed by atoms with Crippen molar-refractivity contribution in [3.05, 3.63) is 21.4 Å². The van der Waals surface area contributed by atoms with Gasteiger partial charge >= 0.3 is 0 Å². The van der Waals surface area contributed by atoms with Gasteiger partial charge in [0.1, 0.15) is 5.25 Å². The van der Waals surface area contributed by atoms with E-state index < -0.39 is 21.2 Å². The molecule has 1 atom stereocenters. The molecule has 0 radical (unpaired) electrons. The van der Waals surface area contributed by atoms with Gasteiger partial charge in [-0.3, -0.25) is 4.79 Å². The summed E-state index contributed by atoms with van der Waals surface area (Å²) in [5, 5.41) is 1.06. The molecule has 2 rings (SSSR count). The van der Waals surface area contributed by atoms with Crippen molar-refractivity contribution in [3.63, 3.8) is 0 Å². The van der Waals surface area contributed by atoms with Crippen molar-refractivity contribution < 1.29 is 17.9 Å². The van der Waals surface area contributed by atoms with Crippen LogP contribution in [0.2, 0.25) is 0 Å². The Morgan fingerprint density at radius 2 is 2.22 bits per heavy atom. The van der Waals surface area contributed by atoms with Crippen molar-refractivity contribution in [1.82, 2.24) is 4.72 Å². The molecule has 7 heteroatoms. The Hall–Kier alpha value is -0.920. The van der Waals surface area contributed by atoms with E-state index in [2.05, 4.69) is 4.72 Å². The number of hydrogen-bond donors (Lipinski definition) is 1. The van der Waals surface area contributed by atoms with Crippen LogP contribution in [0.4, 0.5) is 0 Å². The summed E-state index contributed by atoms with van der Waals surface area (Å²) in [6, 6.07) is 0. The maximum Gasteiger partial charge on any atom is 0.265 e. The zero-order valence-electron chi connectivity index (χ0n) is 10.2. The molecule has 1 saturated heterocycles. The highest BCUT2D eigenvalue weighted by atomic mass is 32.2. The molecule has 0 saturated carbocycles. The summed E-state index contributed by atoms with van der Waals surface area (Å²) in [6.07, 6.45) is 0.435. The van der Waals surface area contributed by atoms with Crippen LogP contribution in [0, 0.1) is 13.8 Å². The molecule has 1 aromatic rings. The number of ether oxygens (including phenoxy) is 1. The quantitative estimate of drug-likeness (QED) is 0.908. The molecule has 1 aliphatic rings. The van der Waals surface area contributed by atoms with E-state index in [1.165, 1.54) is 11.3 Å². The van der Waals surface area contributed by atoms with Crippen LogP contribution >= 0.6 is 11.3 Å². The van der Waals surface area contributed by atoms with Crippen LogP contribution in [-0.2, 0) is 14.8 Å². The van der Waals surface area contributed by atoms with E-state index in [0.717, 1.165) is 10.4 Å². The zero-order valence-corrected chi connectivity index (χ0v) is 11.9. The second-order valence-electron chi connectivity index (χ2n) is 4.29. The minimum absolute atomic E-state index is 0.157. The van der Waals surface area contributed by atoms with E-state index in [1.54, 1.807) is 5.38 Å². The lowest BCUT2D eigenvalue weighted by atomic mass is 10.2. The first-order valence-corrected chi connectivity index (χ1v) is 8.03. The van der Waals surface area contributed by atoms with Crippen LogP contribution < -0.4 is 4.72 Å². The smallest absolute Gasteiger partial charge is 0.265 e. The van der Waals surface area contributed by atoms with Crippen LogP contribution in [0.15, 0.2) is 5.38 Å². The molecule has 1 amide bonds. The molecule has 0 spiro atoms. The Kier molecular flexibility index (Phi) is 3.74. The van der Waals surface area contributed by atoms with Crippen molar-refractivity contribution in [3.8, 4) is 0 Å². The normalized spacial score (nSPS) is 20.0. The number of aryl methyl sites for hydroxylation is 1. The van der Waals surface area contributed by atoms with Gasteiger partial charge in [-0.15, -0.1) is 11.3 Å². The number of thiophene rings is 1. The number of rotatable bonds is 3. The van der Waals surface area contributed by atoms with Crippen molar-refractivity contribution in [2.75, 3.05) is 13.2 Å². The van der Waals surface area contributed by atoms with Crippen molar-refractivity contribution in [1.29, 1.82) is 0 Å². The van der Waals surface area contributed by atoms with Gasteiger partial charge in [0.05, 0.1) is 12.2 Å². The molecule has 1 aromatic heterocycles. The number of nitrogens with one attached hydrogen (secondary N) is 1. The Bertz CT molecular complexity index is 556. The summed E-state index contributed by atoms with van der Waals surface area (Å²) in [5.41, 5.74) is 1.26. The summed E-state index contributed by atoms with van der Waals surface area (Å²) >= 11 is 1.44. The van der Waals surface area contributed by atoms with Gasteiger partial charge in [-0.2, -0.15) is 0 Å².